The molecule has 0 atom stereocenters. The summed E-state index contributed by atoms with van der Waals surface area (Å²) in [6.45, 7) is 2.02. The van der Waals surface area contributed by atoms with Gasteiger partial charge in [0.05, 0.1) is 20.8 Å². The zero-order valence-corrected chi connectivity index (χ0v) is 15.7. The number of rotatable bonds is 9. The first-order valence-corrected chi connectivity index (χ1v) is 8.54. The Labute approximate surface area is 158 Å². The zero-order valence-electron chi connectivity index (χ0n) is 15.7. The van der Waals surface area contributed by atoms with Crippen molar-refractivity contribution in [3.63, 3.8) is 0 Å². The van der Waals surface area contributed by atoms with Crippen molar-refractivity contribution in [3.8, 4) is 17.2 Å². The number of nitrogens with zero attached hydrogens (tertiary/aromatic N) is 1. The highest BCUT2D eigenvalue weighted by Crippen LogP contribution is 2.17. The molecule has 7 heteroatoms. The zero-order chi connectivity index (χ0) is 19.6. The Balaban J connectivity index is 1.84. The van der Waals surface area contributed by atoms with Gasteiger partial charge in [0.25, 0.3) is 5.91 Å². The summed E-state index contributed by atoms with van der Waals surface area (Å²) in [5.74, 6) is 1.43. The number of likely N-dealkylation sites (N-methyl/N-ethyl adjacent to an activating group) is 1. The van der Waals surface area contributed by atoms with Crippen molar-refractivity contribution in [2.45, 2.75) is 6.92 Å². The molecule has 0 aromatic heterocycles. The van der Waals surface area contributed by atoms with Crippen molar-refractivity contribution < 1.29 is 23.8 Å². The van der Waals surface area contributed by atoms with Crippen molar-refractivity contribution >= 4 is 17.5 Å². The first-order chi connectivity index (χ1) is 13.0. The lowest BCUT2D eigenvalue weighted by Gasteiger charge is -2.20. The Hall–Kier alpha value is -3.22. The average molecular weight is 372 g/mol. The number of methoxy groups -OCH3 is 2. The molecule has 0 radical (unpaired) electrons. The average Bonchev–Trinajstić information content (AvgIpc) is 2.71. The Kier molecular flexibility index (Phi) is 7.49. The van der Waals surface area contributed by atoms with Crippen LogP contribution >= 0.6 is 0 Å². The Morgan fingerprint density at radius 2 is 1.41 bits per heavy atom. The minimum absolute atomic E-state index is 0.0483. The van der Waals surface area contributed by atoms with Crippen LogP contribution in [-0.4, -0.2) is 50.6 Å². The maximum atomic E-state index is 12.3. The fourth-order valence-corrected chi connectivity index (χ4v) is 2.33. The number of ether oxygens (including phenoxy) is 3. The van der Waals surface area contributed by atoms with Crippen molar-refractivity contribution in [2.24, 2.45) is 0 Å². The van der Waals surface area contributed by atoms with Crippen LogP contribution in [0, 0.1) is 0 Å². The Morgan fingerprint density at radius 1 is 0.889 bits per heavy atom. The molecule has 0 saturated carbocycles. The van der Waals surface area contributed by atoms with Crippen LogP contribution in [0.5, 0.6) is 17.2 Å². The number of benzene rings is 2. The molecule has 2 amide bonds. The van der Waals surface area contributed by atoms with Gasteiger partial charge in [0.15, 0.2) is 6.61 Å². The fraction of sp³-hybridized carbons (Fsp3) is 0.300. The number of carbonyl (C=O) groups is 2. The first-order valence-electron chi connectivity index (χ1n) is 8.54. The second kappa shape index (κ2) is 10.1. The van der Waals surface area contributed by atoms with E-state index in [1.54, 1.807) is 62.8 Å². The molecular weight excluding hydrogens is 348 g/mol. The summed E-state index contributed by atoms with van der Waals surface area (Å²) in [4.78, 5) is 25.9. The second-order valence-electron chi connectivity index (χ2n) is 5.65. The molecular formula is C20H24N2O5. The molecule has 2 rings (SSSR count). The van der Waals surface area contributed by atoms with Gasteiger partial charge in [-0.25, -0.2) is 0 Å². The van der Waals surface area contributed by atoms with Gasteiger partial charge < -0.3 is 24.4 Å². The molecule has 0 spiro atoms. The smallest absolute Gasteiger partial charge is 0.260 e. The lowest BCUT2D eigenvalue weighted by Crippen LogP contribution is -2.40. The van der Waals surface area contributed by atoms with Crippen molar-refractivity contribution in [1.82, 2.24) is 4.90 Å². The lowest BCUT2D eigenvalue weighted by atomic mass is 10.3. The van der Waals surface area contributed by atoms with E-state index in [9.17, 15) is 9.59 Å². The van der Waals surface area contributed by atoms with Gasteiger partial charge >= 0.3 is 0 Å². The minimum atomic E-state index is -0.278. The molecule has 0 aliphatic heterocycles. The number of amides is 2. The summed E-state index contributed by atoms with van der Waals surface area (Å²) >= 11 is 0. The molecule has 0 fully saturated rings. The van der Waals surface area contributed by atoms with E-state index in [2.05, 4.69) is 5.32 Å². The van der Waals surface area contributed by atoms with E-state index in [1.165, 1.54) is 4.90 Å². The normalized spacial score (nSPS) is 10.0. The molecule has 0 unspecified atom stereocenters. The molecule has 2 aromatic rings. The van der Waals surface area contributed by atoms with Gasteiger partial charge in [0.2, 0.25) is 5.91 Å². The molecule has 0 aliphatic carbocycles. The summed E-state index contributed by atoms with van der Waals surface area (Å²) in [6, 6.07) is 13.9. The quantitative estimate of drug-likeness (QED) is 0.732. The Bertz CT molecular complexity index is 744. The van der Waals surface area contributed by atoms with E-state index in [1.807, 2.05) is 6.92 Å². The van der Waals surface area contributed by atoms with E-state index in [0.717, 1.165) is 0 Å². The topological polar surface area (TPSA) is 77.1 Å². The van der Waals surface area contributed by atoms with E-state index >= 15 is 0 Å². The number of hydrogen-bond acceptors (Lipinski definition) is 5. The van der Waals surface area contributed by atoms with Gasteiger partial charge in [0.1, 0.15) is 17.2 Å². The van der Waals surface area contributed by atoms with E-state index in [0.29, 0.717) is 29.5 Å². The number of nitrogens with one attached hydrogen (secondary N) is 1. The third-order valence-electron chi connectivity index (χ3n) is 3.86. The summed E-state index contributed by atoms with van der Waals surface area (Å²) in [5.41, 5.74) is 0.638. The third-order valence-corrected chi connectivity index (χ3v) is 3.86. The van der Waals surface area contributed by atoms with Gasteiger partial charge in [-0.15, -0.1) is 0 Å². The largest absolute Gasteiger partial charge is 0.497 e. The molecule has 0 saturated heterocycles. The molecule has 2 aromatic carbocycles. The van der Waals surface area contributed by atoms with Crippen LogP contribution < -0.4 is 19.5 Å². The van der Waals surface area contributed by atoms with Gasteiger partial charge in [-0.3, -0.25) is 9.59 Å². The molecule has 0 heterocycles. The summed E-state index contributed by atoms with van der Waals surface area (Å²) in [5, 5.41) is 2.76. The first kappa shape index (κ1) is 20.1. The molecule has 0 bridgehead atoms. The van der Waals surface area contributed by atoms with Crippen LogP contribution in [0.1, 0.15) is 6.92 Å². The number of anilines is 1. The maximum Gasteiger partial charge on any atom is 0.260 e. The van der Waals surface area contributed by atoms with E-state index in [4.69, 9.17) is 14.2 Å². The summed E-state index contributed by atoms with van der Waals surface area (Å²) in [7, 11) is 3.15. The second-order valence-corrected chi connectivity index (χ2v) is 5.65. The Morgan fingerprint density at radius 3 is 1.93 bits per heavy atom. The maximum absolute atomic E-state index is 12.3. The summed E-state index contributed by atoms with van der Waals surface area (Å²) in [6.07, 6.45) is 0. The van der Waals surface area contributed by atoms with Crippen LogP contribution in [0.25, 0.3) is 0 Å². The van der Waals surface area contributed by atoms with Crippen LogP contribution in [0.3, 0.4) is 0 Å². The van der Waals surface area contributed by atoms with Gasteiger partial charge in [-0.1, -0.05) is 0 Å². The predicted octanol–water partition coefficient (Wildman–Crippen LogP) is 2.57. The molecule has 144 valence electrons. The molecule has 27 heavy (non-hydrogen) atoms. The molecule has 1 N–H and O–H groups in total. The van der Waals surface area contributed by atoms with Crippen LogP contribution in [0.15, 0.2) is 48.5 Å². The third kappa shape index (κ3) is 6.22. The van der Waals surface area contributed by atoms with Crippen LogP contribution in [-0.2, 0) is 9.59 Å². The van der Waals surface area contributed by atoms with Gasteiger partial charge in [-0.05, 0) is 55.5 Å². The van der Waals surface area contributed by atoms with E-state index in [-0.39, 0.29) is 25.0 Å². The highest BCUT2D eigenvalue weighted by molar-refractivity contribution is 5.94. The van der Waals surface area contributed by atoms with Crippen molar-refractivity contribution in [3.05, 3.63) is 48.5 Å². The molecule has 0 aliphatic rings. The molecule has 7 nitrogen and oxygen atoms in total. The highest BCUT2D eigenvalue weighted by Gasteiger charge is 2.16. The van der Waals surface area contributed by atoms with Gasteiger partial charge in [0, 0.05) is 12.2 Å². The summed E-state index contributed by atoms with van der Waals surface area (Å²) < 4.78 is 15.6. The van der Waals surface area contributed by atoms with Crippen molar-refractivity contribution in [1.29, 1.82) is 0 Å². The van der Waals surface area contributed by atoms with Crippen LogP contribution in [0.4, 0.5) is 5.69 Å². The van der Waals surface area contributed by atoms with Crippen LogP contribution in [0.2, 0.25) is 0 Å². The number of hydrogen-bond donors (Lipinski definition) is 1. The predicted molar refractivity (Wildman–Crippen MR) is 102 cm³/mol. The van der Waals surface area contributed by atoms with Gasteiger partial charge in [-0.2, -0.15) is 0 Å². The number of carbonyl (C=O) groups excluding carboxylic acids is 2. The monoisotopic (exact) mass is 372 g/mol. The lowest BCUT2D eigenvalue weighted by molar-refractivity contribution is -0.136. The van der Waals surface area contributed by atoms with E-state index < -0.39 is 0 Å². The standard InChI is InChI=1S/C20H24N2O5/c1-4-22(13-19(23)21-15-5-7-16(25-2)8-6-15)20(24)14-27-18-11-9-17(26-3)10-12-18/h5-12H,4,13-14H2,1-3H3,(H,21,23). The highest BCUT2D eigenvalue weighted by atomic mass is 16.5. The fourth-order valence-electron chi connectivity index (χ4n) is 2.33. The SMILES string of the molecule is CCN(CC(=O)Nc1ccc(OC)cc1)C(=O)COc1ccc(OC)cc1. The van der Waals surface area contributed by atoms with Crippen molar-refractivity contribution in [2.75, 3.05) is 39.2 Å². The minimum Gasteiger partial charge on any atom is -0.497 e.